The van der Waals surface area contributed by atoms with Crippen LogP contribution in [-0.4, -0.2) is 29.9 Å². The Bertz CT molecular complexity index is 808. The first-order chi connectivity index (χ1) is 13.6. The van der Waals surface area contributed by atoms with E-state index in [9.17, 15) is 9.59 Å². The lowest BCUT2D eigenvalue weighted by atomic mass is 9.89. The van der Waals surface area contributed by atoms with E-state index in [1.165, 1.54) is 18.2 Å². The van der Waals surface area contributed by atoms with E-state index in [-0.39, 0.29) is 17.7 Å². The number of nitrogens with zero attached hydrogens (tertiary/aromatic N) is 1. The molecule has 2 amide bonds. The summed E-state index contributed by atoms with van der Waals surface area (Å²) in [5.41, 5.74) is 0.536. The molecule has 2 aromatic rings. The number of carbonyl (C=O) groups excluding carboxylic acids is 2. The summed E-state index contributed by atoms with van der Waals surface area (Å²) in [6.45, 7) is 0.838. The summed E-state index contributed by atoms with van der Waals surface area (Å²) in [4.78, 5) is 30.1. The van der Waals surface area contributed by atoms with Crippen LogP contribution in [0.2, 0.25) is 0 Å². The zero-order valence-electron chi connectivity index (χ0n) is 15.6. The quantitative estimate of drug-likeness (QED) is 0.598. The van der Waals surface area contributed by atoms with Gasteiger partial charge >= 0.3 is 0 Å². The molecule has 0 bridgehead atoms. The molecule has 0 saturated heterocycles. The lowest BCUT2D eigenvalue weighted by Gasteiger charge is -2.20. The van der Waals surface area contributed by atoms with Gasteiger partial charge in [0.25, 0.3) is 5.91 Å². The highest BCUT2D eigenvalue weighted by Gasteiger charge is 2.20. The van der Waals surface area contributed by atoms with Gasteiger partial charge in [-0.15, -0.1) is 0 Å². The van der Waals surface area contributed by atoms with Crippen molar-refractivity contribution in [3.05, 3.63) is 52.6 Å². The van der Waals surface area contributed by atoms with Crippen molar-refractivity contribution in [1.29, 1.82) is 0 Å². The Morgan fingerprint density at radius 1 is 1.04 bits per heavy atom. The van der Waals surface area contributed by atoms with Crippen LogP contribution in [0.3, 0.4) is 0 Å². The van der Waals surface area contributed by atoms with Gasteiger partial charge in [-0.05, 0) is 49.2 Å². The predicted molar refractivity (Wildman–Crippen MR) is 114 cm³/mol. The van der Waals surface area contributed by atoms with E-state index in [0.717, 1.165) is 35.1 Å². The molecule has 0 aliphatic heterocycles. The van der Waals surface area contributed by atoms with Gasteiger partial charge in [0, 0.05) is 34.6 Å². The maximum Gasteiger partial charge on any atom is 0.254 e. The zero-order chi connectivity index (χ0) is 19.8. The summed E-state index contributed by atoms with van der Waals surface area (Å²) in [6.07, 6.45) is 7.13. The van der Waals surface area contributed by atoms with Crippen LogP contribution < -0.4 is 10.6 Å². The molecule has 1 aliphatic rings. The van der Waals surface area contributed by atoms with Crippen molar-refractivity contribution in [3.8, 4) is 0 Å². The van der Waals surface area contributed by atoms with Gasteiger partial charge in [-0.3, -0.25) is 9.59 Å². The number of hydrogen-bond donors (Lipinski definition) is 2. The third kappa shape index (κ3) is 6.07. The van der Waals surface area contributed by atoms with Crippen LogP contribution in [0.5, 0.6) is 0 Å². The van der Waals surface area contributed by atoms with Gasteiger partial charge in [-0.2, -0.15) is 0 Å². The molecule has 28 heavy (non-hydrogen) atoms. The summed E-state index contributed by atoms with van der Waals surface area (Å²) in [7, 11) is 0. The highest BCUT2D eigenvalue weighted by molar-refractivity contribution is 9.10. The van der Waals surface area contributed by atoms with Crippen LogP contribution in [0, 0.1) is 5.92 Å². The Morgan fingerprint density at radius 2 is 1.75 bits per heavy atom. The van der Waals surface area contributed by atoms with Gasteiger partial charge < -0.3 is 10.6 Å². The molecule has 1 aromatic heterocycles. The SMILES string of the molecule is O=C(NCCNC(=O)C1CCCCC1)c1cccnc1Sc1ccc(Br)cc1. The minimum absolute atomic E-state index is 0.113. The Labute approximate surface area is 178 Å². The van der Waals surface area contributed by atoms with Crippen LogP contribution in [0.4, 0.5) is 0 Å². The molecular weight excluding hydrogens is 438 g/mol. The van der Waals surface area contributed by atoms with E-state index in [1.807, 2.05) is 24.3 Å². The molecule has 7 heteroatoms. The van der Waals surface area contributed by atoms with E-state index in [1.54, 1.807) is 18.3 Å². The van der Waals surface area contributed by atoms with E-state index in [0.29, 0.717) is 23.7 Å². The molecule has 3 rings (SSSR count). The first-order valence-corrected chi connectivity index (χ1v) is 11.2. The number of hydrogen-bond acceptors (Lipinski definition) is 4. The largest absolute Gasteiger partial charge is 0.354 e. The van der Waals surface area contributed by atoms with Crippen molar-refractivity contribution in [2.75, 3.05) is 13.1 Å². The summed E-state index contributed by atoms with van der Waals surface area (Å²) in [6, 6.07) is 11.4. The summed E-state index contributed by atoms with van der Waals surface area (Å²) in [5, 5.41) is 6.48. The van der Waals surface area contributed by atoms with Gasteiger partial charge in [0.2, 0.25) is 5.91 Å². The first-order valence-electron chi connectivity index (χ1n) is 9.58. The zero-order valence-corrected chi connectivity index (χ0v) is 18.0. The van der Waals surface area contributed by atoms with Crippen molar-refractivity contribution < 1.29 is 9.59 Å². The van der Waals surface area contributed by atoms with Crippen LogP contribution in [0.1, 0.15) is 42.5 Å². The maximum absolute atomic E-state index is 12.6. The normalized spacial score (nSPS) is 14.5. The first kappa shape index (κ1) is 20.9. The third-order valence-corrected chi connectivity index (χ3v) is 6.28. The Hall–Kier alpha value is -1.86. The number of nitrogens with one attached hydrogen (secondary N) is 2. The minimum atomic E-state index is -0.181. The molecule has 0 radical (unpaired) electrons. The van der Waals surface area contributed by atoms with Crippen molar-refractivity contribution in [2.45, 2.75) is 42.0 Å². The van der Waals surface area contributed by atoms with Crippen LogP contribution in [0.25, 0.3) is 0 Å². The lowest BCUT2D eigenvalue weighted by Crippen LogP contribution is -2.38. The Balaban J connectivity index is 1.50. The fourth-order valence-electron chi connectivity index (χ4n) is 3.23. The number of pyridine rings is 1. The molecular formula is C21H24BrN3O2S. The number of halogens is 1. The molecule has 0 spiro atoms. The van der Waals surface area contributed by atoms with Crippen molar-refractivity contribution in [1.82, 2.24) is 15.6 Å². The average molecular weight is 462 g/mol. The second kappa shape index (κ2) is 10.6. The topological polar surface area (TPSA) is 71.1 Å². The standard InChI is InChI=1S/C21H24BrN3O2S/c22-16-8-10-17(11-9-16)28-21-18(7-4-12-25-21)20(27)24-14-13-23-19(26)15-5-2-1-3-6-15/h4,7-12,15H,1-3,5-6,13-14H2,(H,23,26)(H,24,27). The smallest absolute Gasteiger partial charge is 0.254 e. The van der Waals surface area contributed by atoms with Gasteiger partial charge in [-0.25, -0.2) is 4.98 Å². The van der Waals surface area contributed by atoms with Crippen LogP contribution in [0.15, 0.2) is 57.0 Å². The second-order valence-corrected chi connectivity index (χ2v) is 8.77. The van der Waals surface area contributed by atoms with Crippen molar-refractivity contribution >= 4 is 39.5 Å². The maximum atomic E-state index is 12.6. The van der Waals surface area contributed by atoms with Crippen LogP contribution >= 0.6 is 27.7 Å². The average Bonchev–Trinajstić information content (AvgIpc) is 2.73. The molecule has 2 N–H and O–H groups in total. The predicted octanol–water partition coefficient (Wildman–Crippen LogP) is 4.42. The Morgan fingerprint density at radius 3 is 2.50 bits per heavy atom. The Kier molecular flexibility index (Phi) is 7.91. The number of carbonyl (C=O) groups is 2. The summed E-state index contributed by atoms with van der Waals surface area (Å²) in [5.74, 6) is 0.0677. The lowest BCUT2D eigenvalue weighted by molar-refractivity contribution is -0.125. The highest BCUT2D eigenvalue weighted by Crippen LogP contribution is 2.29. The van der Waals surface area contributed by atoms with Gasteiger partial charge in [0.1, 0.15) is 5.03 Å². The molecule has 1 aliphatic carbocycles. The van der Waals surface area contributed by atoms with E-state index in [2.05, 4.69) is 31.5 Å². The summed E-state index contributed by atoms with van der Waals surface area (Å²) >= 11 is 4.87. The van der Waals surface area contributed by atoms with Gasteiger partial charge in [-0.1, -0.05) is 47.0 Å². The summed E-state index contributed by atoms with van der Waals surface area (Å²) < 4.78 is 1.01. The minimum Gasteiger partial charge on any atom is -0.354 e. The van der Waals surface area contributed by atoms with Crippen LogP contribution in [-0.2, 0) is 4.79 Å². The van der Waals surface area contributed by atoms with Gasteiger partial charge in [0.15, 0.2) is 0 Å². The fourth-order valence-corrected chi connectivity index (χ4v) is 4.37. The van der Waals surface area contributed by atoms with Crippen molar-refractivity contribution in [3.63, 3.8) is 0 Å². The molecule has 1 heterocycles. The number of aromatic nitrogens is 1. The molecule has 0 unspecified atom stereocenters. The fraction of sp³-hybridized carbons (Fsp3) is 0.381. The molecule has 5 nitrogen and oxygen atoms in total. The molecule has 1 aromatic carbocycles. The molecule has 0 atom stereocenters. The molecule has 1 saturated carbocycles. The molecule has 1 fully saturated rings. The number of amides is 2. The van der Waals surface area contributed by atoms with Gasteiger partial charge in [0.05, 0.1) is 5.56 Å². The monoisotopic (exact) mass is 461 g/mol. The van der Waals surface area contributed by atoms with E-state index in [4.69, 9.17) is 0 Å². The number of rotatable bonds is 7. The highest BCUT2D eigenvalue weighted by atomic mass is 79.9. The molecule has 148 valence electrons. The van der Waals surface area contributed by atoms with E-state index < -0.39 is 0 Å². The second-order valence-electron chi connectivity index (χ2n) is 6.79. The number of benzene rings is 1. The van der Waals surface area contributed by atoms with E-state index >= 15 is 0 Å². The third-order valence-electron chi connectivity index (χ3n) is 4.73. The van der Waals surface area contributed by atoms with Crippen molar-refractivity contribution in [2.24, 2.45) is 5.92 Å².